The lowest BCUT2D eigenvalue weighted by atomic mass is 10.1. The predicted octanol–water partition coefficient (Wildman–Crippen LogP) is 3.16. The van der Waals surface area contributed by atoms with Crippen LogP contribution in [-0.4, -0.2) is 17.9 Å². The number of hydrogen-bond acceptors (Lipinski definition) is 4. The topological polar surface area (TPSA) is 63.2 Å². The van der Waals surface area contributed by atoms with Gasteiger partial charge in [0.05, 0.1) is 10.2 Å². The van der Waals surface area contributed by atoms with Crippen molar-refractivity contribution < 1.29 is 9.53 Å². The highest BCUT2D eigenvalue weighted by Gasteiger charge is 2.30. The minimum Gasteiger partial charge on any atom is -0.454 e. The van der Waals surface area contributed by atoms with Crippen LogP contribution in [0.1, 0.15) is 17.3 Å². The largest absolute Gasteiger partial charge is 0.454 e. The Morgan fingerprint density at radius 1 is 1.38 bits per heavy atom. The van der Waals surface area contributed by atoms with Crippen LogP contribution in [0.15, 0.2) is 34.9 Å². The van der Waals surface area contributed by atoms with E-state index >= 15 is 0 Å². The number of benzene rings is 1. The number of fused-ring (bicyclic) bond motifs is 1. The highest BCUT2D eigenvalue weighted by Crippen LogP contribution is 2.40. The highest BCUT2D eigenvalue weighted by molar-refractivity contribution is 9.10. The number of aryl methyl sites for hydroxylation is 1. The number of amides is 1. The second-order valence-electron chi connectivity index (χ2n) is 4.77. The molecule has 2 N–H and O–H groups in total. The minimum atomic E-state index is -0.328. The normalized spacial score (nSPS) is 16.5. The first-order valence-corrected chi connectivity index (χ1v) is 7.30. The lowest BCUT2D eigenvalue weighted by Gasteiger charge is -2.12. The van der Waals surface area contributed by atoms with Gasteiger partial charge in [0, 0.05) is 23.5 Å². The molecule has 6 heteroatoms. The molecule has 5 nitrogen and oxygen atoms in total. The zero-order valence-electron chi connectivity index (χ0n) is 11.6. The fourth-order valence-electron chi connectivity index (χ4n) is 2.32. The first-order chi connectivity index (χ1) is 10.1. The Morgan fingerprint density at radius 2 is 2.19 bits per heavy atom. The van der Waals surface area contributed by atoms with Crippen LogP contribution >= 0.6 is 15.9 Å². The third-order valence-corrected chi connectivity index (χ3v) is 4.02. The maximum absolute atomic E-state index is 11.9. The van der Waals surface area contributed by atoms with E-state index in [0.29, 0.717) is 11.5 Å². The first-order valence-electron chi connectivity index (χ1n) is 6.51. The number of carbonyl (C=O) groups excluding carboxylic acids is 1. The predicted molar refractivity (Wildman–Crippen MR) is 83.6 cm³/mol. The van der Waals surface area contributed by atoms with Gasteiger partial charge in [-0.25, -0.2) is 0 Å². The second-order valence-corrected chi connectivity index (χ2v) is 5.62. The summed E-state index contributed by atoms with van der Waals surface area (Å²) in [5.41, 5.74) is 2.48. The summed E-state index contributed by atoms with van der Waals surface area (Å²) in [5.74, 6) is 1.27. The van der Waals surface area contributed by atoms with Gasteiger partial charge in [-0.1, -0.05) is 0 Å². The summed E-state index contributed by atoms with van der Waals surface area (Å²) in [6.07, 6.45) is 1.72. The molecule has 3 rings (SSSR count). The van der Waals surface area contributed by atoms with Crippen LogP contribution in [-0.2, 0) is 4.79 Å². The summed E-state index contributed by atoms with van der Waals surface area (Å²) in [6.45, 7) is 1.88. The third-order valence-electron chi connectivity index (χ3n) is 3.40. The molecule has 2 aromatic rings. The number of ether oxygens (including phenoxy) is 1. The number of nitrogens with one attached hydrogen (secondary N) is 2. The van der Waals surface area contributed by atoms with Crippen LogP contribution in [0.2, 0.25) is 0 Å². The number of rotatable bonds is 3. The van der Waals surface area contributed by atoms with Gasteiger partial charge in [-0.15, -0.1) is 0 Å². The summed E-state index contributed by atoms with van der Waals surface area (Å²) < 4.78 is 6.68. The van der Waals surface area contributed by atoms with Gasteiger partial charge in [-0.2, -0.15) is 0 Å². The van der Waals surface area contributed by atoms with Gasteiger partial charge in [0.15, 0.2) is 0 Å². The van der Waals surface area contributed by atoms with Crippen molar-refractivity contribution in [3.63, 3.8) is 0 Å². The number of anilines is 1. The van der Waals surface area contributed by atoms with Gasteiger partial charge in [0.1, 0.15) is 17.5 Å². The van der Waals surface area contributed by atoms with Crippen molar-refractivity contribution in [2.24, 2.45) is 0 Å². The first kappa shape index (κ1) is 14.0. The van der Waals surface area contributed by atoms with E-state index < -0.39 is 0 Å². The molecule has 1 unspecified atom stereocenters. The minimum absolute atomic E-state index is 0.0610. The summed E-state index contributed by atoms with van der Waals surface area (Å²) >= 11 is 3.50. The number of aromatic nitrogens is 1. The molecule has 0 radical (unpaired) electrons. The molecular formula is C15H14BrN3O2. The van der Waals surface area contributed by atoms with Crippen molar-refractivity contribution in [1.82, 2.24) is 10.3 Å². The maximum Gasteiger partial charge on any atom is 0.246 e. The van der Waals surface area contributed by atoms with Crippen molar-refractivity contribution in [2.75, 3.05) is 12.4 Å². The summed E-state index contributed by atoms with van der Waals surface area (Å²) in [5, 5.41) is 5.84. The number of likely N-dealkylation sites (N-methyl/N-ethyl adjacent to an activating group) is 1. The van der Waals surface area contributed by atoms with E-state index in [2.05, 4.69) is 31.5 Å². The molecule has 1 aliphatic heterocycles. The zero-order valence-corrected chi connectivity index (χ0v) is 13.2. The number of pyridine rings is 1. The molecule has 1 amide bonds. The van der Waals surface area contributed by atoms with Crippen molar-refractivity contribution in [3.05, 3.63) is 46.2 Å². The van der Waals surface area contributed by atoms with Gasteiger partial charge in [-0.3, -0.25) is 9.78 Å². The molecule has 0 saturated carbocycles. The van der Waals surface area contributed by atoms with Crippen molar-refractivity contribution in [2.45, 2.75) is 13.0 Å². The molecule has 0 fully saturated rings. The van der Waals surface area contributed by atoms with Crippen molar-refractivity contribution in [3.8, 4) is 11.5 Å². The van der Waals surface area contributed by atoms with E-state index in [9.17, 15) is 4.79 Å². The van der Waals surface area contributed by atoms with Crippen LogP contribution in [0, 0.1) is 6.92 Å². The summed E-state index contributed by atoms with van der Waals surface area (Å²) in [6, 6.07) is 7.07. The average molecular weight is 348 g/mol. The van der Waals surface area contributed by atoms with Crippen LogP contribution in [0.4, 0.5) is 5.69 Å². The monoisotopic (exact) mass is 347 g/mol. The Morgan fingerprint density at radius 3 is 2.90 bits per heavy atom. The molecule has 0 aliphatic carbocycles. The summed E-state index contributed by atoms with van der Waals surface area (Å²) in [4.78, 5) is 16.1. The fourth-order valence-corrected chi connectivity index (χ4v) is 2.76. The molecule has 1 atom stereocenters. The number of nitrogens with zero attached hydrogens (tertiary/aromatic N) is 1. The lowest BCUT2D eigenvalue weighted by molar-refractivity contribution is -0.117. The van der Waals surface area contributed by atoms with E-state index in [4.69, 9.17) is 4.74 Å². The molecule has 0 bridgehead atoms. The smallest absolute Gasteiger partial charge is 0.246 e. The van der Waals surface area contributed by atoms with Crippen LogP contribution < -0.4 is 15.4 Å². The van der Waals surface area contributed by atoms with E-state index in [1.165, 1.54) is 0 Å². The molecule has 0 spiro atoms. The second kappa shape index (κ2) is 5.46. The van der Waals surface area contributed by atoms with Gasteiger partial charge in [-0.05, 0) is 48.1 Å². The maximum atomic E-state index is 11.9. The van der Waals surface area contributed by atoms with E-state index in [1.54, 1.807) is 13.2 Å². The van der Waals surface area contributed by atoms with Crippen LogP contribution in [0.25, 0.3) is 0 Å². The number of hydrogen-bond donors (Lipinski definition) is 2. The van der Waals surface area contributed by atoms with Gasteiger partial charge in [0.2, 0.25) is 5.91 Å². The SMILES string of the molecule is CNC1C(=O)Nc2cc(Oc3cccnc3C)c(Br)cc21. The van der Waals surface area contributed by atoms with Gasteiger partial charge >= 0.3 is 0 Å². The summed E-state index contributed by atoms with van der Waals surface area (Å²) in [7, 11) is 1.76. The molecule has 1 aromatic heterocycles. The molecule has 1 aromatic carbocycles. The quantitative estimate of drug-likeness (QED) is 0.895. The average Bonchev–Trinajstić information content (AvgIpc) is 2.76. The number of halogens is 1. The van der Waals surface area contributed by atoms with Crippen molar-refractivity contribution >= 4 is 27.5 Å². The molecule has 108 valence electrons. The lowest BCUT2D eigenvalue weighted by Crippen LogP contribution is -2.23. The Balaban J connectivity index is 1.98. The third kappa shape index (κ3) is 2.52. The highest BCUT2D eigenvalue weighted by atomic mass is 79.9. The zero-order chi connectivity index (χ0) is 15.0. The van der Waals surface area contributed by atoms with E-state index in [1.807, 2.05) is 31.2 Å². The van der Waals surface area contributed by atoms with Gasteiger partial charge < -0.3 is 15.4 Å². The number of carbonyl (C=O) groups is 1. The van der Waals surface area contributed by atoms with Crippen molar-refractivity contribution in [1.29, 1.82) is 0 Å². The molecule has 1 aliphatic rings. The molecule has 0 saturated heterocycles. The standard InChI is InChI=1S/C15H14BrN3O2/c1-8-12(4-3-5-18-8)21-13-7-11-9(6-10(13)16)14(17-2)15(20)19-11/h3-7,14,17H,1-2H3,(H,19,20). The van der Waals surface area contributed by atoms with E-state index in [0.717, 1.165) is 21.4 Å². The Kier molecular flexibility index (Phi) is 3.65. The van der Waals surface area contributed by atoms with Crippen LogP contribution in [0.3, 0.4) is 0 Å². The van der Waals surface area contributed by atoms with Crippen LogP contribution in [0.5, 0.6) is 11.5 Å². The van der Waals surface area contributed by atoms with E-state index in [-0.39, 0.29) is 11.9 Å². The molecular weight excluding hydrogens is 334 g/mol. The van der Waals surface area contributed by atoms with Gasteiger partial charge in [0.25, 0.3) is 0 Å². The Hall–Kier alpha value is -1.92. The fraction of sp³-hybridized carbons (Fsp3) is 0.200. The molecule has 21 heavy (non-hydrogen) atoms. The Bertz CT molecular complexity index is 718. The molecule has 2 heterocycles. The Labute approximate surface area is 130 Å².